The highest BCUT2D eigenvalue weighted by atomic mass is 14.4. The molecular formula is C21H38. The number of hydrogen-bond donors (Lipinski definition) is 0. The summed E-state index contributed by atoms with van der Waals surface area (Å²) >= 11 is 0. The fourth-order valence-electron chi connectivity index (χ4n) is 6.06. The highest BCUT2D eigenvalue weighted by molar-refractivity contribution is 4.88. The lowest BCUT2D eigenvalue weighted by atomic mass is 9.61. The zero-order chi connectivity index (χ0) is 14.8. The third-order valence-electron chi connectivity index (χ3n) is 7.67. The van der Waals surface area contributed by atoms with Gasteiger partial charge in [-0.1, -0.05) is 46.5 Å². The zero-order valence-electron chi connectivity index (χ0n) is 14.8. The van der Waals surface area contributed by atoms with E-state index < -0.39 is 0 Å². The second kappa shape index (κ2) is 7.05. The van der Waals surface area contributed by atoms with E-state index >= 15 is 0 Å². The van der Waals surface area contributed by atoms with Gasteiger partial charge in [-0.25, -0.2) is 0 Å². The average molecular weight is 291 g/mol. The van der Waals surface area contributed by atoms with E-state index in [0.717, 1.165) is 41.4 Å². The average Bonchev–Trinajstić information content (AvgIpc) is 2.49. The summed E-state index contributed by atoms with van der Waals surface area (Å²) in [6.45, 7) is 7.51. The van der Waals surface area contributed by atoms with E-state index in [1.807, 2.05) is 0 Å². The van der Waals surface area contributed by atoms with Crippen LogP contribution in [0.1, 0.15) is 91.4 Å². The van der Waals surface area contributed by atoms with Crippen molar-refractivity contribution >= 4 is 0 Å². The fraction of sp³-hybridized carbons (Fsp3) is 1.00. The molecule has 0 spiro atoms. The summed E-state index contributed by atoms with van der Waals surface area (Å²) in [4.78, 5) is 0. The van der Waals surface area contributed by atoms with Gasteiger partial charge in [0.2, 0.25) is 0 Å². The predicted octanol–water partition coefficient (Wildman–Crippen LogP) is 6.69. The van der Waals surface area contributed by atoms with Crippen molar-refractivity contribution in [3.63, 3.8) is 0 Å². The van der Waals surface area contributed by atoms with Crippen LogP contribution >= 0.6 is 0 Å². The van der Waals surface area contributed by atoms with Gasteiger partial charge in [-0.3, -0.25) is 0 Å². The van der Waals surface area contributed by atoms with Crippen LogP contribution in [0.15, 0.2) is 0 Å². The first kappa shape index (κ1) is 15.9. The maximum Gasteiger partial charge on any atom is -0.0360 e. The minimum Gasteiger partial charge on any atom is -0.0625 e. The second-order valence-corrected chi connectivity index (χ2v) is 9.25. The molecule has 3 aliphatic carbocycles. The van der Waals surface area contributed by atoms with Crippen molar-refractivity contribution in [3.8, 4) is 0 Å². The quantitative estimate of drug-likeness (QED) is 0.531. The lowest BCUT2D eigenvalue weighted by Crippen LogP contribution is -2.34. The molecule has 0 N–H and O–H groups in total. The molecule has 3 rings (SSSR count). The lowest BCUT2D eigenvalue weighted by Gasteiger charge is -2.44. The number of rotatable bonds is 2. The van der Waals surface area contributed by atoms with Crippen LogP contribution in [0.5, 0.6) is 0 Å². The standard InChI is InChI=1S/C21H38/c1-15-4-8-18(9-5-15)20-12-13-21(17(3)14-20)19-10-6-16(2)7-11-19/h15-21H,4-14H2,1-3H3. The Hall–Kier alpha value is 0. The molecule has 0 nitrogen and oxygen atoms in total. The van der Waals surface area contributed by atoms with E-state index in [0.29, 0.717) is 0 Å². The Labute approximate surface area is 133 Å². The van der Waals surface area contributed by atoms with Gasteiger partial charge in [-0.15, -0.1) is 0 Å². The molecule has 0 saturated heterocycles. The topological polar surface area (TPSA) is 0 Å². The summed E-state index contributed by atoms with van der Waals surface area (Å²) in [7, 11) is 0. The van der Waals surface area contributed by atoms with Gasteiger partial charge in [0, 0.05) is 0 Å². The van der Waals surface area contributed by atoms with Crippen LogP contribution < -0.4 is 0 Å². The Bertz CT molecular complexity index is 304. The molecule has 3 atom stereocenters. The first-order valence-corrected chi connectivity index (χ1v) is 10.1. The smallest absolute Gasteiger partial charge is 0.0360 e. The Morgan fingerprint density at radius 3 is 1.48 bits per heavy atom. The molecule has 3 aliphatic rings. The van der Waals surface area contributed by atoms with Crippen LogP contribution in [0.2, 0.25) is 0 Å². The SMILES string of the molecule is CC1CCC(C2CCC(C3CCC(C)CC3)C(C)C2)CC1. The van der Waals surface area contributed by atoms with Gasteiger partial charge >= 0.3 is 0 Å². The maximum absolute atomic E-state index is 2.60. The van der Waals surface area contributed by atoms with Gasteiger partial charge in [0.25, 0.3) is 0 Å². The molecule has 21 heavy (non-hydrogen) atoms. The van der Waals surface area contributed by atoms with E-state index in [9.17, 15) is 0 Å². The van der Waals surface area contributed by atoms with Gasteiger partial charge in [-0.2, -0.15) is 0 Å². The molecule has 122 valence electrons. The van der Waals surface area contributed by atoms with Gasteiger partial charge in [-0.05, 0) is 86.4 Å². The van der Waals surface area contributed by atoms with Crippen molar-refractivity contribution in [1.29, 1.82) is 0 Å². The molecule has 0 aromatic rings. The van der Waals surface area contributed by atoms with Crippen molar-refractivity contribution < 1.29 is 0 Å². The highest BCUT2D eigenvalue weighted by Crippen LogP contribution is 2.48. The summed E-state index contributed by atoms with van der Waals surface area (Å²) in [5.41, 5.74) is 0. The summed E-state index contributed by atoms with van der Waals surface area (Å²) in [6, 6.07) is 0. The van der Waals surface area contributed by atoms with Crippen LogP contribution in [0, 0.1) is 41.4 Å². The maximum atomic E-state index is 2.60. The molecule has 0 amide bonds. The zero-order valence-corrected chi connectivity index (χ0v) is 14.8. The molecule has 0 heterocycles. The monoisotopic (exact) mass is 290 g/mol. The van der Waals surface area contributed by atoms with Crippen LogP contribution in [0.4, 0.5) is 0 Å². The number of hydrogen-bond acceptors (Lipinski definition) is 0. The summed E-state index contributed by atoms with van der Waals surface area (Å²) in [6.07, 6.45) is 16.9. The van der Waals surface area contributed by atoms with Crippen LogP contribution in [-0.2, 0) is 0 Å². The van der Waals surface area contributed by atoms with E-state index in [-0.39, 0.29) is 0 Å². The minimum atomic E-state index is 1.01. The molecule has 3 unspecified atom stereocenters. The van der Waals surface area contributed by atoms with Crippen LogP contribution in [0.25, 0.3) is 0 Å². The molecule has 3 fully saturated rings. The van der Waals surface area contributed by atoms with Gasteiger partial charge in [0.15, 0.2) is 0 Å². The normalized spacial score (nSPS) is 49.0. The van der Waals surface area contributed by atoms with Crippen molar-refractivity contribution in [2.75, 3.05) is 0 Å². The third kappa shape index (κ3) is 3.85. The summed E-state index contributed by atoms with van der Waals surface area (Å²) in [5.74, 6) is 7.39. The predicted molar refractivity (Wildman–Crippen MR) is 92.2 cm³/mol. The first-order valence-electron chi connectivity index (χ1n) is 10.1. The van der Waals surface area contributed by atoms with Crippen LogP contribution in [-0.4, -0.2) is 0 Å². The molecule has 3 saturated carbocycles. The van der Waals surface area contributed by atoms with Crippen molar-refractivity contribution in [2.24, 2.45) is 41.4 Å². The highest BCUT2D eigenvalue weighted by Gasteiger charge is 2.37. The lowest BCUT2D eigenvalue weighted by molar-refractivity contribution is 0.0655. The molecule has 0 aliphatic heterocycles. The fourth-order valence-corrected chi connectivity index (χ4v) is 6.06. The molecule has 0 bridgehead atoms. The Balaban J connectivity index is 1.50. The molecule has 0 aromatic heterocycles. The summed E-state index contributed by atoms with van der Waals surface area (Å²) in [5, 5.41) is 0. The largest absolute Gasteiger partial charge is 0.0625 e. The van der Waals surface area contributed by atoms with Crippen molar-refractivity contribution in [2.45, 2.75) is 91.4 Å². The molecule has 0 aromatic carbocycles. The Kier molecular flexibility index (Phi) is 5.33. The van der Waals surface area contributed by atoms with E-state index in [1.165, 1.54) is 25.7 Å². The Morgan fingerprint density at radius 1 is 0.476 bits per heavy atom. The first-order chi connectivity index (χ1) is 10.1. The van der Waals surface area contributed by atoms with Gasteiger partial charge in [0.1, 0.15) is 0 Å². The second-order valence-electron chi connectivity index (χ2n) is 9.25. The molecule has 0 heteroatoms. The van der Waals surface area contributed by atoms with E-state index in [4.69, 9.17) is 0 Å². The van der Waals surface area contributed by atoms with Crippen molar-refractivity contribution in [1.82, 2.24) is 0 Å². The van der Waals surface area contributed by atoms with Crippen molar-refractivity contribution in [3.05, 3.63) is 0 Å². The molecule has 0 radical (unpaired) electrons. The van der Waals surface area contributed by atoms with Gasteiger partial charge < -0.3 is 0 Å². The van der Waals surface area contributed by atoms with E-state index in [1.54, 1.807) is 44.9 Å². The third-order valence-corrected chi connectivity index (χ3v) is 7.67. The van der Waals surface area contributed by atoms with E-state index in [2.05, 4.69) is 20.8 Å². The summed E-state index contributed by atoms with van der Waals surface area (Å²) < 4.78 is 0. The van der Waals surface area contributed by atoms with Gasteiger partial charge in [0.05, 0.1) is 0 Å². The molecular weight excluding hydrogens is 252 g/mol. The minimum absolute atomic E-state index is 1.01. The van der Waals surface area contributed by atoms with Crippen LogP contribution in [0.3, 0.4) is 0 Å². The Morgan fingerprint density at radius 2 is 0.952 bits per heavy atom.